The smallest absolute Gasteiger partial charge is 0.314 e. The lowest BCUT2D eigenvalue weighted by Crippen LogP contribution is -2.39. The second-order valence-corrected chi connectivity index (χ2v) is 4.44. The van der Waals surface area contributed by atoms with Crippen LogP contribution in [0.2, 0.25) is 0 Å². The van der Waals surface area contributed by atoms with E-state index in [1.54, 1.807) is 7.05 Å². The summed E-state index contributed by atoms with van der Waals surface area (Å²) in [6, 6.07) is -0.100. The Labute approximate surface area is 86.0 Å². The second-order valence-electron chi connectivity index (χ2n) is 4.44. The molecule has 1 aliphatic rings. The van der Waals surface area contributed by atoms with Gasteiger partial charge < -0.3 is 10.6 Å². The lowest BCUT2D eigenvalue weighted by Gasteiger charge is -2.26. The molecule has 0 saturated carbocycles. The minimum absolute atomic E-state index is 0.100. The van der Waals surface area contributed by atoms with Crippen molar-refractivity contribution >= 4 is 6.03 Å². The lowest BCUT2D eigenvalue weighted by atomic mass is 9.83. The van der Waals surface area contributed by atoms with E-state index in [0.29, 0.717) is 6.54 Å². The summed E-state index contributed by atoms with van der Waals surface area (Å²) in [4.78, 5) is 11.0. The zero-order chi connectivity index (χ0) is 10.6. The van der Waals surface area contributed by atoms with E-state index in [2.05, 4.69) is 30.6 Å². The largest absolute Gasteiger partial charge is 0.341 e. The van der Waals surface area contributed by atoms with Crippen molar-refractivity contribution < 1.29 is 4.79 Å². The van der Waals surface area contributed by atoms with E-state index in [1.165, 1.54) is 24.8 Å². The van der Waals surface area contributed by atoms with Gasteiger partial charge in [-0.2, -0.15) is 0 Å². The molecule has 0 radical (unpaired) electrons. The van der Waals surface area contributed by atoms with Gasteiger partial charge in [0.1, 0.15) is 0 Å². The lowest BCUT2D eigenvalue weighted by molar-refractivity contribution is 0.238. The highest BCUT2D eigenvalue weighted by Gasteiger charge is 2.25. The van der Waals surface area contributed by atoms with Crippen LogP contribution in [0.5, 0.6) is 0 Å². The van der Waals surface area contributed by atoms with Gasteiger partial charge in [0, 0.05) is 19.0 Å². The molecule has 3 nitrogen and oxygen atoms in total. The molecule has 2 amide bonds. The number of hydrogen-bond acceptors (Lipinski definition) is 1. The van der Waals surface area contributed by atoms with Gasteiger partial charge in [0.15, 0.2) is 0 Å². The van der Waals surface area contributed by atoms with Crippen molar-refractivity contribution in [2.45, 2.75) is 33.1 Å². The van der Waals surface area contributed by atoms with E-state index in [4.69, 9.17) is 0 Å². The van der Waals surface area contributed by atoms with Gasteiger partial charge in [-0.1, -0.05) is 25.5 Å². The summed E-state index contributed by atoms with van der Waals surface area (Å²) in [5.41, 5.74) is 1.58. The van der Waals surface area contributed by atoms with Crippen molar-refractivity contribution in [3.63, 3.8) is 0 Å². The molecular weight excluding hydrogens is 176 g/mol. The molecule has 14 heavy (non-hydrogen) atoms. The van der Waals surface area contributed by atoms with Gasteiger partial charge in [-0.3, -0.25) is 0 Å². The zero-order valence-electron chi connectivity index (χ0n) is 9.31. The number of nitrogens with one attached hydrogen (secondary N) is 2. The van der Waals surface area contributed by atoms with Crippen LogP contribution < -0.4 is 10.6 Å². The molecule has 0 saturated heterocycles. The van der Waals surface area contributed by atoms with Crippen LogP contribution in [0, 0.1) is 5.41 Å². The average Bonchev–Trinajstić information content (AvgIpc) is 2.67. The van der Waals surface area contributed by atoms with Crippen LogP contribution in [0.1, 0.15) is 33.1 Å². The van der Waals surface area contributed by atoms with Gasteiger partial charge in [-0.15, -0.1) is 0 Å². The van der Waals surface area contributed by atoms with Crippen LogP contribution in [0.3, 0.4) is 0 Å². The molecule has 0 unspecified atom stereocenters. The van der Waals surface area contributed by atoms with Gasteiger partial charge in [0.2, 0.25) is 0 Å². The quantitative estimate of drug-likeness (QED) is 0.666. The van der Waals surface area contributed by atoms with Crippen molar-refractivity contribution in [2.24, 2.45) is 5.41 Å². The third-order valence-corrected chi connectivity index (χ3v) is 2.83. The third kappa shape index (κ3) is 2.76. The van der Waals surface area contributed by atoms with E-state index in [-0.39, 0.29) is 11.4 Å². The predicted octanol–water partition coefficient (Wildman–Crippen LogP) is 2.05. The van der Waals surface area contributed by atoms with Gasteiger partial charge >= 0.3 is 6.03 Å². The summed E-state index contributed by atoms with van der Waals surface area (Å²) in [6.45, 7) is 5.07. The van der Waals surface area contributed by atoms with Crippen LogP contribution in [0.4, 0.5) is 4.79 Å². The van der Waals surface area contributed by atoms with Crippen LogP contribution in [-0.4, -0.2) is 19.6 Å². The Balaban J connectivity index is 2.44. The van der Waals surface area contributed by atoms with E-state index in [9.17, 15) is 4.79 Å². The van der Waals surface area contributed by atoms with Crippen LogP contribution in [0.25, 0.3) is 0 Å². The molecule has 0 bridgehead atoms. The summed E-state index contributed by atoms with van der Waals surface area (Å²) in [5, 5.41) is 5.42. The first-order chi connectivity index (χ1) is 6.56. The van der Waals surface area contributed by atoms with Crippen molar-refractivity contribution in [3.05, 3.63) is 11.6 Å². The Bertz CT molecular complexity index is 244. The van der Waals surface area contributed by atoms with Crippen molar-refractivity contribution in [1.29, 1.82) is 0 Å². The highest BCUT2D eigenvalue weighted by Crippen LogP contribution is 2.33. The van der Waals surface area contributed by atoms with E-state index < -0.39 is 0 Å². The summed E-state index contributed by atoms with van der Waals surface area (Å²) >= 11 is 0. The summed E-state index contributed by atoms with van der Waals surface area (Å²) in [5.74, 6) is 0. The van der Waals surface area contributed by atoms with Crippen molar-refractivity contribution in [1.82, 2.24) is 10.6 Å². The Morgan fingerprint density at radius 2 is 2.29 bits per heavy atom. The molecule has 1 rings (SSSR count). The Morgan fingerprint density at radius 3 is 2.79 bits per heavy atom. The SMILES string of the molecule is CNC(=O)NCC(C)(C)C1=CCCC1. The van der Waals surface area contributed by atoms with E-state index >= 15 is 0 Å². The number of rotatable bonds is 3. The second kappa shape index (κ2) is 4.49. The number of urea groups is 1. The Hall–Kier alpha value is -0.990. The molecule has 80 valence electrons. The molecule has 0 heterocycles. The summed E-state index contributed by atoms with van der Waals surface area (Å²) < 4.78 is 0. The Morgan fingerprint density at radius 1 is 1.57 bits per heavy atom. The molecule has 0 aromatic carbocycles. The first-order valence-electron chi connectivity index (χ1n) is 5.21. The van der Waals surface area contributed by atoms with Gasteiger partial charge in [-0.25, -0.2) is 4.79 Å². The zero-order valence-corrected chi connectivity index (χ0v) is 9.31. The normalized spacial score (nSPS) is 16.4. The van der Waals surface area contributed by atoms with Crippen LogP contribution in [-0.2, 0) is 0 Å². The minimum Gasteiger partial charge on any atom is -0.341 e. The van der Waals surface area contributed by atoms with Gasteiger partial charge in [0.25, 0.3) is 0 Å². The van der Waals surface area contributed by atoms with Gasteiger partial charge in [-0.05, 0) is 19.3 Å². The molecule has 2 N–H and O–H groups in total. The van der Waals surface area contributed by atoms with Crippen molar-refractivity contribution in [2.75, 3.05) is 13.6 Å². The number of carbonyl (C=O) groups is 1. The van der Waals surface area contributed by atoms with Crippen LogP contribution in [0.15, 0.2) is 11.6 Å². The maximum absolute atomic E-state index is 11.0. The maximum atomic E-state index is 11.0. The average molecular weight is 196 g/mol. The van der Waals surface area contributed by atoms with Crippen LogP contribution >= 0.6 is 0 Å². The fourth-order valence-electron chi connectivity index (χ4n) is 1.79. The molecule has 0 aromatic rings. The fraction of sp³-hybridized carbons (Fsp3) is 0.727. The summed E-state index contributed by atoms with van der Waals surface area (Å²) in [7, 11) is 1.64. The maximum Gasteiger partial charge on any atom is 0.314 e. The minimum atomic E-state index is -0.100. The number of amides is 2. The monoisotopic (exact) mass is 196 g/mol. The van der Waals surface area contributed by atoms with E-state index in [1.807, 2.05) is 0 Å². The fourth-order valence-corrected chi connectivity index (χ4v) is 1.79. The predicted molar refractivity (Wildman–Crippen MR) is 58.2 cm³/mol. The molecule has 0 aromatic heterocycles. The number of hydrogen-bond donors (Lipinski definition) is 2. The highest BCUT2D eigenvalue weighted by atomic mass is 16.2. The molecule has 0 atom stereocenters. The first-order valence-corrected chi connectivity index (χ1v) is 5.21. The molecule has 1 aliphatic carbocycles. The molecule has 0 aliphatic heterocycles. The first kappa shape index (κ1) is 11.1. The van der Waals surface area contributed by atoms with Gasteiger partial charge in [0.05, 0.1) is 0 Å². The Kier molecular flexibility index (Phi) is 3.55. The third-order valence-electron chi connectivity index (χ3n) is 2.83. The molecule has 0 fully saturated rings. The van der Waals surface area contributed by atoms with Crippen molar-refractivity contribution in [3.8, 4) is 0 Å². The summed E-state index contributed by atoms with van der Waals surface area (Å²) in [6.07, 6.45) is 5.95. The highest BCUT2D eigenvalue weighted by molar-refractivity contribution is 5.73. The standard InChI is InChI=1S/C11H20N2O/c1-11(2,8-13-10(14)12-3)9-6-4-5-7-9/h6H,4-5,7-8H2,1-3H3,(H2,12,13,14). The molecule has 3 heteroatoms. The number of allylic oxidation sites excluding steroid dienone is 1. The van der Waals surface area contributed by atoms with E-state index in [0.717, 1.165) is 0 Å². The number of carbonyl (C=O) groups excluding carboxylic acids is 1. The molecule has 0 spiro atoms. The topological polar surface area (TPSA) is 41.1 Å². The molecular formula is C11H20N2O.